The van der Waals surface area contributed by atoms with E-state index >= 15 is 0 Å². The lowest BCUT2D eigenvalue weighted by Crippen LogP contribution is -2.23. The maximum Gasteiger partial charge on any atom is 0.335 e. The van der Waals surface area contributed by atoms with Crippen LogP contribution in [0.4, 0.5) is 0 Å². The van der Waals surface area contributed by atoms with Gasteiger partial charge in [0.25, 0.3) is 0 Å². The summed E-state index contributed by atoms with van der Waals surface area (Å²) in [5.41, 5.74) is 1.72. The van der Waals surface area contributed by atoms with Crippen LogP contribution in [0.3, 0.4) is 0 Å². The summed E-state index contributed by atoms with van der Waals surface area (Å²) in [6.45, 7) is 4.60. The van der Waals surface area contributed by atoms with Crippen molar-refractivity contribution in [2.45, 2.75) is 71.1 Å². The van der Waals surface area contributed by atoms with Gasteiger partial charge in [-0.3, -0.25) is 0 Å². The van der Waals surface area contributed by atoms with Gasteiger partial charge in [-0.15, -0.1) is 0 Å². The summed E-state index contributed by atoms with van der Waals surface area (Å²) in [7, 11) is 0. The number of unbranched alkanes of at least 4 members (excludes halogenated alkanes) is 2. The molecule has 0 unspecified atom stereocenters. The smallest absolute Gasteiger partial charge is 0.335 e. The van der Waals surface area contributed by atoms with E-state index in [1.807, 2.05) is 12.1 Å². The molecule has 1 aromatic carbocycles. The molecule has 0 aromatic heterocycles. The standard InChI is InChI=1S/C20H30O2/c1-3-5-6-7-16-10-13-19(14-15(16)4-2)17-8-11-18(12-9-17)20(21)22/h8-9,11-12,15-16,19H,3-7,10,13-14H2,1-2H3,(H,21,22)/t15-,16-,19-/m0/s1. The number of carboxylic acids is 1. The quantitative estimate of drug-likeness (QED) is 0.639. The fourth-order valence-corrected chi connectivity index (χ4v) is 4.06. The molecule has 2 heteroatoms. The Labute approximate surface area is 134 Å². The van der Waals surface area contributed by atoms with Gasteiger partial charge >= 0.3 is 5.97 Å². The summed E-state index contributed by atoms with van der Waals surface area (Å²) in [5, 5.41) is 9.00. The Balaban J connectivity index is 1.96. The zero-order valence-corrected chi connectivity index (χ0v) is 14.1. The molecule has 3 atom stereocenters. The van der Waals surface area contributed by atoms with Gasteiger partial charge in [0.15, 0.2) is 0 Å². The number of aromatic carboxylic acids is 1. The average molecular weight is 302 g/mol. The van der Waals surface area contributed by atoms with Crippen molar-refractivity contribution in [3.63, 3.8) is 0 Å². The first-order chi connectivity index (χ1) is 10.7. The molecule has 1 aliphatic carbocycles. The average Bonchev–Trinajstić information content (AvgIpc) is 2.55. The Morgan fingerprint density at radius 1 is 1.09 bits per heavy atom. The predicted molar refractivity (Wildman–Crippen MR) is 91.4 cm³/mol. The molecule has 0 radical (unpaired) electrons. The Morgan fingerprint density at radius 3 is 2.41 bits per heavy atom. The van der Waals surface area contributed by atoms with Gasteiger partial charge in [0.2, 0.25) is 0 Å². The minimum atomic E-state index is -0.836. The van der Waals surface area contributed by atoms with Gasteiger partial charge in [-0.25, -0.2) is 4.79 Å². The third-order valence-electron chi connectivity index (χ3n) is 5.47. The van der Waals surface area contributed by atoms with Crippen molar-refractivity contribution in [1.29, 1.82) is 0 Å². The zero-order chi connectivity index (χ0) is 15.9. The highest BCUT2D eigenvalue weighted by molar-refractivity contribution is 5.87. The summed E-state index contributed by atoms with van der Waals surface area (Å²) < 4.78 is 0. The van der Waals surface area contributed by atoms with Crippen LogP contribution < -0.4 is 0 Å². The van der Waals surface area contributed by atoms with Crippen molar-refractivity contribution >= 4 is 5.97 Å². The van der Waals surface area contributed by atoms with Crippen LogP contribution in [0.25, 0.3) is 0 Å². The molecule has 1 aromatic rings. The second-order valence-electron chi connectivity index (χ2n) is 6.86. The van der Waals surface area contributed by atoms with Gasteiger partial charge in [-0.1, -0.05) is 58.1 Å². The van der Waals surface area contributed by atoms with Gasteiger partial charge in [0, 0.05) is 0 Å². The lowest BCUT2D eigenvalue weighted by Gasteiger charge is -2.36. The molecule has 0 bridgehead atoms. The lowest BCUT2D eigenvalue weighted by molar-refractivity contribution is 0.0697. The first kappa shape index (κ1) is 17.1. The highest BCUT2D eigenvalue weighted by Crippen LogP contribution is 2.43. The molecule has 1 saturated carbocycles. The molecule has 2 rings (SSSR count). The van der Waals surface area contributed by atoms with Crippen molar-refractivity contribution in [1.82, 2.24) is 0 Å². The molecule has 0 aliphatic heterocycles. The minimum Gasteiger partial charge on any atom is -0.478 e. The number of rotatable bonds is 7. The molecule has 122 valence electrons. The fraction of sp³-hybridized carbons (Fsp3) is 0.650. The third-order valence-corrected chi connectivity index (χ3v) is 5.47. The Kier molecular flexibility index (Phi) is 6.48. The van der Waals surface area contributed by atoms with E-state index in [9.17, 15) is 4.79 Å². The largest absolute Gasteiger partial charge is 0.478 e. The molecular weight excluding hydrogens is 272 g/mol. The van der Waals surface area contributed by atoms with Gasteiger partial charge in [-0.2, -0.15) is 0 Å². The predicted octanol–water partition coefficient (Wildman–Crippen LogP) is 5.88. The van der Waals surface area contributed by atoms with Crippen LogP contribution in [-0.2, 0) is 0 Å². The molecule has 0 heterocycles. The first-order valence-electron chi connectivity index (χ1n) is 8.98. The van der Waals surface area contributed by atoms with Crippen molar-refractivity contribution in [3.05, 3.63) is 35.4 Å². The monoisotopic (exact) mass is 302 g/mol. The second-order valence-corrected chi connectivity index (χ2v) is 6.86. The van der Waals surface area contributed by atoms with Crippen molar-refractivity contribution in [2.24, 2.45) is 11.8 Å². The number of benzene rings is 1. The fourth-order valence-electron chi connectivity index (χ4n) is 4.06. The van der Waals surface area contributed by atoms with Crippen LogP contribution in [0.1, 0.15) is 87.1 Å². The van der Waals surface area contributed by atoms with Crippen molar-refractivity contribution in [2.75, 3.05) is 0 Å². The highest BCUT2D eigenvalue weighted by atomic mass is 16.4. The van der Waals surface area contributed by atoms with Crippen LogP contribution in [0.5, 0.6) is 0 Å². The molecule has 22 heavy (non-hydrogen) atoms. The van der Waals surface area contributed by atoms with Gasteiger partial charge in [-0.05, 0) is 54.7 Å². The number of hydrogen-bond donors (Lipinski definition) is 1. The molecular formula is C20H30O2. The van der Waals surface area contributed by atoms with E-state index < -0.39 is 5.97 Å². The van der Waals surface area contributed by atoms with E-state index in [4.69, 9.17) is 5.11 Å². The Morgan fingerprint density at radius 2 is 1.82 bits per heavy atom. The minimum absolute atomic E-state index is 0.393. The number of carboxylic acid groups (broad SMARTS) is 1. The number of hydrogen-bond acceptors (Lipinski definition) is 1. The van der Waals surface area contributed by atoms with Gasteiger partial charge in [0.1, 0.15) is 0 Å². The van der Waals surface area contributed by atoms with Crippen molar-refractivity contribution < 1.29 is 9.90 Å². The topological polar surface area (TPSA) is 37.3 Å². The SMILES string of the molecule is CCCCC[C@H]1CC[C@H](c2ccc(C(=O)O)cc2)C[C@@H]1CC. The van der Waals surface area contributed by atoms with E-state index in [0.717, 1.165) is 11.8 Å². The molecule has 0 amide bonds. The van der Waals surface area contributed by atoms with E-state index in [0.29, 0.717) is 11.5 Å². The van der Waals surface area contributed by atoms with Gasteiger partial charge < -0.3 is 5.11 Å². The molecule has 2 nitrogen and oxygen atoms in total. The summed E-state index contributed by atoms with van der Waals surface area (Å²) in [6.07, 6.45) is 10.6. The number of carbonyl (C=O) groups is 1. The Bertz CT molecular complexity index is 463. The van der Waals surface area contributed by atoms with Crippen LogP contribution >= 0.6 is 0 Å². The van der Waals surface area contributed by atoms with E-state index in [2.05, 4.69) is 13.8 Å². The maximum absolute atomic E-state index is 11.0. The molecule has 0 saturated heterocycles. The van der Waals surface area contributed by atoms with E-state index in [-0.39, 0.29) is 0 Å². The van der Waals surface area contributed by atoms with E-state index in [1.165, 1.54) is 56.9 Å². The third kappa shape index (κ3) is 4.34. The summed E-state index contributed by atoms with van der Waals surface area (Å²) in [5.74, 6) is 1.54. The highest BCUT2D eigenvalue weighted by Gasteiger charge is 2.29. The summed E-state index contributed by atoms with van der Waals surface area (Å²) in [6, 6.07) is 7.56. The Hall–Kier alpha value is -1.31. The van der Waals surface area contributed by atoms with Gasteiger partial charge in [0.05, 0.1) is 5.56 Å². The molecule has 1 fully saturated rings. The summed E-state index contributed by atoms with van der Waals surface area (Å²) >= 11 is 0. The molecule has 1 N–H and O–H groups in total. The van der Waals surface area contributed by atoms with Crippen LogP contribution in [0, 0.1) is 11.8 Å². The molecule has 1 aliphatic rings. The van der Waals surface area contributed by atoms with Crippen molar-refractivity contribution in [3.8, 4) is 0 Å². The molecule has 0 spiro atoms. The van der Waals surface area contributed by atoms with Crippen LogP contribution in [0.2, 0.25) is 0 Å². The van der Waals surface area contributed by atoms with Crippen LogP contribution in [0.15, 0.2) is 24.3 Å². The maximum atomic E-state index is 11.0. The summed E-state index contributed by atoms with van der Waals surface area (Å²) in [4.78, 5) is 11.0. The normalized spacial score (nSPS) is 25.1. The van der Waals surface area contributed by atoms with Crippen LogP contribution in [-0.4, -0.2) is 11.1 Å². The second kappa shape index (κ2) is 8.36. The zero-order valence-electron chi connectivity index (χ0n) is 14.1. The lowest BCUT2D eigenvalue weighted by atomic mass is 9.69. The van der Waals surface area contributed by atoms with E-state index in [1.54, 1.807) is 12.1 Å². The first-order valence-corrected chi connectivity index (χ1v) is 8.98.